The molecular weight excluding hydrogens is 368 g/mol. The van der Waals surface area contributed by atoms with Gasteiger partial charge >= 0.3 is 0 Å². The summed E-state index contributed by atoms with van der Waals surface area (Å²) in [6.45, 7) is 7.22. The molecule has 0 aliphatic rings. The van der Waals surface area contributed by atoms with Crippen molar-refractivity contribution in [2.75, 3.05) is 13.1 Å². The molecular formula is C22H22N4OS. The second kappa shape index (κ2) is 8.04. The lowest BCUT2D eigenvalue weighted by atomic mass is 10.1. The van der Waals surface area contributed by atoms with E-state index in [4.69, 9.17) is 0 Å². The topological polar surface area (TPSA) is 61.9 Å². The summed E-state index contributed by atoms with van der Waals surface area (Å²) in [7, 11) is 0. The number of pyridine rings is 2. The molecule has 4 aromatic rings. The van der Waals surface area contributed by atoms with Gasteiger partial charge in [0, 0.05) is 35.4 Å². The highest BCUT2D eigenvalue weighted by Crippen LogP contribution is 2.28. The molecule has 0 amide bonds. The number of nitrogens with zero attached hydrogens (tertiary/aromatic N) is 3. The monoisotopic (exact) mass is 390 g/mol. The van der Waals surface area contributed by atoms with Crippen LogP contribution >= 0.6 is 11.3 Å². The van der Waals surface area contributed by atoms with Crippen molar-refractivity contribution in [3.05, 3.63) is 70.1 Å². The van der Waals surface area contributed by atoms with Crippen LogP contribution in [0.5, 0.6) is 0 Å². The van der Waals surface area contributed by atoms with Crippen LogP contribution in [0.2, 0.25) is 0 Å². The average Bonchev–Trinajstić information content (AvgIpc) is 3.22. The van der Waals surface area contributed by atoms with Crippen LogP contribution in [0.3, 0.4) is 0 Å². The fourth-order valence-electron chi connectivity index (χ4n) is 3.27. The SMILES string of the molecule is CCN(CC)Cc1ccc2cc(-c3csc(-c4ccncc4)n3)c(=O)[nH]c2c1. The van der Waals surface area contributed by atoms with E-state index >= 15 is 0 Å². The summed E-state index contributed by atoms with van der Waals surface area (Å²) in [6, 6.07) is 12.0. The number of aromatic amines is 1. The van der Waals surface area contributed by atoms with Gasteiger partial charge in [0.1, 0.15) is 5.01 Å². The number of nitrogens with one attached hydrogen (secondary N) is 1. The normalized spacial score (nSPS) is 11.4. The molecule has 0 spiro atoms. The van der Waals surface area contributed by atoms with Gasteiger partial charge in [-0.15, -0.1) is 11.3 Å². The van der Waals surface area contributed by atoms with E-state index in [0.29, 0.717) is 11.3 Å². The van der Waals surface area contributed by atoms with Gasteiger partial charge in [-0.25, -0.2) is 4.98 Å². The largest absolute Gasteiger partial charge is 0.321 e. The standard InChI is InChI=1S/C22H22N4OS/c1-3-26(4-2)13-15-5-6-17-12-18(21(27)24-19(17)11-15)20-14-28-22(25-20)16-7-9-23-10-8-16/h5-12,14H,3-4,13H2,1-2H3,(H,24,27). The lowest BCUT2D eigenvalue weighted by Crippen LogP contribution is -2.22. The number of hydrogen-bond donors (Lipinski definition) is 1. The Morgan fingerprint density at radius 3 is 2.61 bits per heavy atom. The van der Waals surface area contributed by atoms with E-state index in [1.165, 1.54) is 16.9 Å². The maximum absolute atomic E-state index is 12.7. The third kappa shape index (κ3) is 3.74. The van der Waals surface area contributed by atoms with Crippen molar-refractivity contribution >= 4 is 22.2 Å². The lowest BCUT2D eigenvalue weighted by Gasteiger charge is -2.18. The summed E-state index contributed by atoms with van der Waals surface area (Å²) >= 11 is 1.53. The van der Waals surface area contributed by atoms with Gasteiger partial charge in [0.05, 0.1) is 11.3 Å². The quantitative estimate of drug-likeness (QED) is 0.524. The Balaban J connectivity index is 1.68. The summed E-state index contributed by atoms with van der Waals surface area (Å²) in [5.74, 6) is 0. The maximum Gasteiger partial charge on any atom is 0.257 e. The van der Waals surface area contributed by atoms with Gasteiger partial charge < -0.3 is 4.98 Å². The van der Waals surface area contributed by atoms with Gasteiger partial charge in [0.15, 0.2) is 0 Å². The Morgan fingerprint density at radius 1 is 1.07 bits per heavy atom. The van der Waals surface area contributed by atoms with E-state index in [-0.39, 0.29) is 5.56 Å². The molecule has 0 atom stereocenters. The molecule has 0 saturated heterocycles. The number of hydrogen-bond acceptors (Lipinski definition) is 5. The van der Waals surface area contributed by atoms with E-state index in [9.17, 15) is 4.79 Å². The third-order valence-corrected chi connectivity index (χ3v) is 5.81. The van der Waals surface area contributed by atoms with Crippen molar-refractivity contribution in [1.82, 2.24) is 19.9 Å². The predicted octanol–water partition coefficient (Wildman–Crippen LogP) is 4.56. The molecule has 1 aromatic carbocycles. The van der Waals surface area contributed by atoms with Crippen molar-refractivity contribution in [3.63, 3.8) is 0 Å². The molecule has 1 N–H and O–H groups in total. The Morgan fingerprint density at radius 2 is 1.86 bits per heavy atom. The van der Waals surface area contributed by atoms with Crippen molar-refractivity contribution in [2.24, 2.45) is 0 Å². The summed E-state index contributed by atoms with van der Waals surface area (Å²) in [6.07, 6.45) is 3.49. The van der Waals surface area contributed by atoms with Crippen LogP contribution in [-0.2, 0) is 6.54 Å². The fourth-order valence-corrected chi connectivity index (χ4v) is 4.09. The first-order valence-electron chi connectivity index (χ1n) is 9.42. The van der Waals surface area contributed by atoms with Crippen LogP contribution in [0.15, 0.2) is 59.0 Å². The smallest absolute Gasteiger partial charge is 0.257 e. The number of rotatable bonds is 6. The Bertz CT molecular complexity index is 1150. The highest BCUT2D eigenvalue weighted by Gasteiger charge is 2.12. The first-order valence-corrected chi connectivity index (χ1v) is 10.3. The van der Waals surface area contributed by atoms with Gasteiger partial charge in [-0.1, -0.05) is 26.0 Å². The summed E-state index contributed by atoms with van der Waals surface area (Å²) in [4.78, 5) is 26.8. The first-order chi connectivity index (χ1) is 13.7. The molecule has 3 aromatic heterocycles. The van der Waals surface area contributed by atoms with Crippen LogP contribution in [-0.4, -0.2) is 32.9 Å². The zero-order valence-corrected chi connectivity index (χ0v) is 16.8. The number of fused-ring (bicyclic) bond motifs is 1. The Hall–Kier alpha value is -2.83. The first kappa shape index (κ1) is 18.5. The van der Waals surface area contributed by atoms with Crippen LogP contribution < -0.4 is 5.56 Å². The van der Waals surface area contributed by atoms with E-state index in [2.05, 4.69) is 51.9 Å². The molecule has 0 fully saturated rings. The van der Waals surface area contributed by atoms with Gasteiger partial charge in [-0.2, -0.15) is 0 Å². The number of H-pyrrole nitrogens is 1. The highest BCUT2D eigenvalue weighted by molar-refractivity contribution is 7.13. The summed E-state index contributed by atoms with van der Waals surface area (Å²) < 4.78 is 0. The molecule has 142 valence electrons. The van der Waals surface area contributed by atoms with Gasteiger partial charge in [0.2, 0.25) is 0 Å². The zero-order chi connectivity index (χ0) is 19.5. The molecule has 4 rings (SSSR count). The van der Waals surface area contributed by atoms with Gasteiger partial charge in [-0.3, -0.25) is 14.7 Å². The van der Waals surface area contributed by atoms with E-state index in [0.717, 1.165) is 41.1 Å². The van der Waals surface area contributed by atoms with E-state index in [1.807, 2.05) is 23.6 Å². The predicted molar refractivity (Wildman–Crippen MR) is 116 cm³/mol. The van der Waals surface area contributed by atoms with Crippen molar-refractivity contribution in [3.8, 4) is 21.8 Å². The molecule has 3 heterocycles. The second-order valence-corrected chi connectivity index (χ2v) is 7.53. The van der Waals surface area contributed by atoms with Crippen LogP contribution in [0, 0.1) is 0 Å². The highest BCUT2D eigenvalue weighted by atomic mass is 32.1. The number of benzene rings is 1. The maximum atomic E-state index is 12.7. The molecule has 0 aliphatic heterocycles. The molecule has 0 bridgehead atoms. The molecule has 5 nitrogen and oxygen atoms in total. The molecule has 0 unspecified atom stereocenters. The molecule has 28 heavy (non-hydrogen) atoms. The van der Waals surface area contributed by atoms with Crippen molar-refractivity contribution < 1.29 is 0 Å². The minimum atomic E-state index is -0.112. The fraction of sp³-hybridized carbons (Fsp3) is 0.227. The second-order valence-electron chi connectivity index (χ2n) is 6.67. The summed E-state index contributed by atoms with van der Waals surface area (Å²) in [5, 5.41) is 3.82. The van der Waals surface area contributed by atoms with Crippen molar-refractivity contribution in [1.29, 1.82) is 0 Å². The molecule has 0 aliphatic carbocycles. The Labute approximate surface area is 167 Å². The minimum Gasteiger partial charge on any atom is -0.321 e. The number of thiazole rings is 1. The van der Waals surface area contributed by atoms with E-state index < -0.39 is 0 Å². The average molecular weight is 391 g/mol. The van der Waals surface area contributed by atoms with Crippen LogP contribution in [0.4, 0.5) is 0 Å². The third-order valence-electron chi connectivity index (χ3n) is 4.92. The zero-order valence-electron chi connectivity index (χ0n) is 16.0. The molecule has 0 radical (unpaired) electrons. The summed E-state index contributed by atoms with van der Waals surface area (Å²) in [5.41, 5.74) is 4.26. The minimum absolute atomic E-state index is 0.112. The van der Waals surface area contributed by atoms with Gasteiger partial charge in [-0.05, 0) is 48.3 Å². The van der Waals surface area contributed by atoms with Gasteiger partial charge in [0.25, 0.3) is 5.56 Å². The molecule has 0 saturated carbocycles. The van der Waals surface area contributed by atoms with E-state index in [1.54, 1.807) is 12.4 Å². The molecule has 6 heteroatoms. The van der Waals surface area contributed by atoms with Crippen molar-refractivity contribution in [2.45, 2.75) is 20.4 Å². The lowest BCUT2D eigenvalue weighted by molar-refractivity contribution is 0.296. The van der Waals surface area contributed by atoms with Crippen LogP contribution in [0.25, 0.3) is 32.7 Å². The van der Waals surface area contributed by atoms with Crippen LogP contribution in [0.1, 0.15) is 19.4 Å². The Kier molecular flexibility index (Phi) is 5.32. The number of aromatic nitrogens is 3.